The predicted octanol–water partition coefficient (Wildman–Crippen LogP) is 4.93. The smallest absolute Gasteiger partial charge is 0.178 e. The Labute approximate surface area is 162 Å². The van der Waals surface area contributed by atoms with Gasteiger partial charge in [-0.3, -0.25) is 9.97 Å². The lowest BCUT2D eigenvalue weighted by Crippen LogP contribution is -2.38. The van der Waals surface area contributed by atoms with E-state index in [4.69, 9.17) is 12.2 Å². The first-order chi connectivity index (χ1) is 13.2. The Balaban J connectivity index is 1.59. The number of para-hydroxylation sites is 1. The third-order valence-corrected chi connectivity index (χ3v) is 5.43. The summed E-state index contributed by atoms with van der Waals surface area (Å²) in [6, 6.07) is 18.9. The Bertz CT molecular complexity index is 1190. The molecular weight excluding hydrogens is 352 g/mol. The van der Waals surface area contributed by atoms with Gasteiger partial charge in [-0.15, -0.1) is 0 Å². The molecule has 2 aromatic carbocycles. The minimum Gasteiger partial charge on any atom is -0.332 e. The summed E-state index contributed by atoms with van der Waals surface area (Å²) in [5.41, 5.74) is 5.27. The number of benzene rings is 2. The number of hydrogen-bond donors (Lipinski definition) is 1. The molecule has 0 aliphatic carbocycles. The highest BCUT2D eigenvalue weighted by Gasteiger charge is 2.28. The van der Waals surface area contributed by atoms with E-state index in [-0.39, 0.29) is 0 Å². The lowest BCUT2D eigenvalue weighted by atomic mass is 10.1. The molecule has 4 nitrogen and oxygen atoms in total. The Morgan fingerprint density at radius 2 is 1.81 bits per heavy atom. The lowest BCUT2D eigenvalue weighted by Gasteiger charge is -2.26. The third kappa shape index (κ3) is 2.62. The van der Waals surface area contributed by atoms with Crippen molar-refractivity contribution in [2.24, 2.45) is 0 Å². The maximum atomic E-state index is 5.81. The third-order valence-electron chi connectivity index (χ3n) is 5.13. The van der Waals surface area contributed by atoms with Gasteiger partial charge >= 0.3 is 0 Å². The summed E-state index contributed by atoms with van der Waals surface area (Å²) in [5, 5.41) is 6.25. The molecule has 1 aliphatic heterocycles. The summed E-state index contributed by atoms with van der Waals surface area (Å²) in [4.78, 5) is 11.3. The van der Waals surface area contributed by atoms with Gasteiger partial charge in [0, 0.05) is 34.9 Å². The number of nitrogens with zero attached hydrogens (tertiary/aromatic N) is 3. The topological polar surface area (TPSA) is 41.0 Å². The number of rotatable bonds is 1. The van der Waals surface area contributed by atoms with E-state index >= 15 is 0 Å². The summed E-state index contributed by atoms with van der Waals surface area (Å²) in [7, 11) is 0. The van der Waals surface area contributed by atoms with Crippen molar-refractivity contribution in [3.8, 4) is 0 Å². The van der Waals surface area contributed by atoms with Crippen LogP contribution >= 0.6 is 12.2 Å². The summed E-state index contributed by atoms with van der Waals surface area (Å²) >= 11 is 5.81. The lowest BCUT2D eigenvalue weighted by molar-refractivity contribution is 0.776. The summed E-state index contributed by atoms with van der Waals surface area (Å²) < 4.78 is 0. The molecule has 1 atom stereocenters. The minimum absolute atomic E-state index is 0.328. The van der Waals surface area contributed by atoms with Gasteiger partial charge < -0.3 is 10.2 Å². The van der Waals surface area contributed by atoms with Gasteiger partial charge in [-0.25, -0.2) is 0 Å². The summed E-state index contributed by atoms with van der Waals surface area (Å²) in [6.45, 7) is 2.21. The van der Waals surface area contributed by atoms with E-state index in [1.165, 1.54) is 11.3 Å². The van der Waals surface area contributed by atoms with Crippen LogP contribution in [0.5, 0.6) is 0 Å². The number of nitrogens with one attached hydrogen (secondary N) is 1. The van der Waals surface area contributed by atoms with Gasteiger partial charge in [-0.1, -0.05) is 24.3 Å². The second kappa shape index (κ2) is 6.28. The molecule has 132 valence electrons. The molecule has 5 heteroatoms. The molecule has 3 heterocycles. The van der Waals surface area contributed by atoms with Crippen molar-refractivity contribution in [1.29, 1.82) is 0 Å². The Morgan fingerprint density at radius 3 is 2.70 bits per heavy atom. The molecule has 0 bridgehead atoms. The second-order valence-corrected chi connectivity index (χ2v) is 7.27. The summed E-state index contributed by atoms with van der Waals surface area (Å²) in [5.74, 6) is 0. The van der Waals surface area contributed by atoms with Crippen LogP contribution in [0.1, 0.15) is 12.5 Å². The van der Waals surface area contributed by atoms with Gasteiger partial charge in [0.05, 0.1) is 16.7 Å². The number of anilines is 2. The van der Waals surface area contributed by atoms with Crippen molar-refractivity contribution in [2.45, 2.75) is 19.4 Å². The van der Waals surface area contributed by atoms with Gasteiger partial charge in [0.2, 0.25) is 0 Å². The Kier molecular flexibility index (Phi) is 3.76. The largest absolute Gasteiger partial charge is 0.332 e. The fourth-order valence-corrected chi connectivity index (χ4v) is 4.32. The van der Waals surface area contributed by atoms with E-state index in [1.54, 1.807) is 12.4 Å². The van der Waals surface area contributed by atoms with Crippen LogP contribution in [-0.4, -0.2) is 21.1 Å². The van der Waals surface area contributed by atoms with Crippen LogP contribution in [0.3, 0.4) is 0 Å². The van der Waals surface area contributed by atoms with Gasteiger partial charge in [-0.2, -0.15) is 0 Å². The van der Waals surface area contributed by atoms with E-state index in [9.17, 15) is 0 Å². The number of pyridine rings is 2. The highest BCUT2D eigenvalue weighted by atomic mass is 32.1. The first kappa shape index (κ1) is 16.1. The molecule has 27 heavy (non-hydrogen) atoms. The molecule has 1 N–H and O–H groups in total. The van der Waals surface area contributed by atoms with Crippen molar-refractivity contribution >= 4 is 50.5 Å². The molecule has 5 rings (SSSR count). The Hall–Kier alpha value is -3.05. The second-order valence-electron chi connectivity index (χ2n) is 6.88. The average Bonchev–Trinajstić information content (AvgIpc) is 3.04. The van der Waals surface area contributed by atoms with Crippen LogP contribution in [0.2, 0.25) is 0 Å². The van der Waals surface area contributed by atoms with Crippen molar-refractivity contribution in [2.75, 3.05) is 10.2 Å². The SMILES string of the molecule is C[C@@H]1Cc2ccccc2N1C(=S)Nc1cc2cccnc2c2ncccc12. The molecule has 0 saturated carbocycles. The molecule has 0 spiro atoms. The quantitative estimate of drug-likeness (QED) is 0.380. The van der Waals surface area contributed by atoms with Crippen LogP contribution < -0.4 is 10.2 Å². The van der Waals surface area contributed by atoms with Crippen molar-refractivity contribution in [3.63, 3.8) is 0 Å². The molecular formula is C22H18N4S. The van der Waals surface area contributed by atoms with Crippen molar-refractivity contribution < 1.29 is 0 Å². The minimum atomic E-state index is 0.328. The van der Waals surface area contributed by atoms with E-state index in [2.05, 4.69) is 69.6 Å². The van der Waals surface area contributed by atoms with Crippen molar-refractivity contribution in [3.05, 3.63) is 72.6 Å². The zero-order valence-corrected chi connectivity index (χ0v) is 15.7. The molecule has 0 radical (unpaired) electrons. The zero-order chi connectivity index (χ0) is 18.4. The van der Waals surface area contributed by atoms with Crippen LogP contribution in [0.15, 0.2) is 67.0 Å². The molecule has 4 aromatic rings. The maximum Gasteiger partial charge on any atom is 0.178 e. The van der Waals surface area contributed by atoms with E-state index < -0.39 is 0 Å². The number of aromatic nitrogens is 2. The number of fused-ring (bicyclic) bond motifs is 4. The summed E-state index contributed by atoms with van der Waals surface area (Å²) in [6.07, 6.45) is 4.61. The first-order valence-corrected chi connectivity index (χ1v) is 9.44. The molecule has 2 aromatic heterocycles. The van der Waals surface area contributed by atoms with Gasteiger partial charge in [0.15, 0.2) is 5.11 Å². The zero-order valence-electron chi connectivity index (χ0n) is 14.9. The standard InChI is InChI=1S/C22H18N4S/c1-14-12-15-6-2-3-9-19(15)26(14)22(27)25-18-13-16-7-4-10-23-20(16)21-17(18)8-5-11-24-21/h2-11,13-14H,12H2,1H3,(H,25,27)/t14-/m1/s1. The fourth-order valence-electron chi connectivity index (χ4n) is 3.93. The molecule has 1 aliphatic rings. The van der Waals surface area contributed by atoms with Gasteiger partial charge in [0.25, 0.3) is 0 Å². The predicted molar refractivity (Wildman–Crippen MR) is 115 cm³/mol. The first-order valence-electron chi connectivity index (χ1n) is 9.03. The molecule has 0 unspecified atom stereocenters. The number of thiocarbonyl (C=S) groups is 1. The normalized spacial score (nSPS) is 15.9. The van der Waals surface area contributed by atoms with Crippen LogP contribution in [0.25, 0.3) is 21.8 Å². The fraction of sp³-hybridized carbons (Fsp3) is 0.136. The monoisotopic (exact) mass is 370 g/mol. The highest BCUT2D eigenvalue weighted by molar-refractivity contribution is 7.80. The van der Waals surface area contributed by atoms with Crippen LogP contribution in [0, 0.1) is 0 Å². The molecule has 0 amide bonds. The van der Waals surface area contributed by atoms with Crippen LogP contribution in [0.4, 0.5) is 11.4 Å². The number of hydrogen-bond acceptors (Lipinski definition) is 3. The Morgan fingerprint density at radius 1 is 1.04 bits per heavy atom. The van der Waals surface area contributed by atoms with Crippen molar-refractivity contribution in [1.82, 2.24) is 9.97 Å². The van der Waals surface area contributed by atoms with E-state index in [1.807, 2.05) is 12.1 Å². The molecule has 0 saturated heterocycles. The van der Waals surface area contributed by atoms with Crippen LogP contribution in [-0.2, 0) is 6.42 Å². The maximum absolute atomic E-state index is 5.81. The van der Waals surface area contributed by atoms with Gasteiger partial charge in [-0.05, 0) is 61.5 Å². The molecule has 0 fully saturated rings. The average molecular weight is 370 g/mol. The van der Waals surface area contributed by atoms with E-state index in [0.29, 0.717) is 11.2 Å². The van der Waals surface area contributed by atoms with Gasteiger partial charge in [0.1, 0.15) is 0 Å². The highest BCUT2D eigenvalue weighted by Crippen LogP contribution is 2.34. The van der Waals surface area contributed by atoms with E-state index in [0.717, 1.165) is 33.9 Å².